The summed E-state index contributed by atoms with van der Waals surface area (Å²) in [6, 6.07) is 12.7. The topological polar surface area (TPSA) is 36.9 Å². The molecule has 0 atom stereocenters. The fourth-order valence-electron chi connectivity index (χ4n) is 4.06. The summed E-state index contributed by atoms with van der Waals surface area (Å²) in [7, 11) is 0. The van der Waals surface area contributed by atoms with Crippen molar-refractivity contribution in [1.82, 2.24) is 0 Å². The van der Waals surface area contributed by atoms with Crippen LogP contribution in [0.3, 0.4) is 0 Å². The van der Waals surface area contributed by atoms with Crippen LogP contribution in [0.2, 0.25) is 0 Å². The van der Waals surface area contributed by atoms with Gasteiger partial charge in [0.05, 0.1) is 0 Å². The van der Waals surface area contributed by atoms with Gasteiger partial charge in [-0.3, -0.25) is 0 Å². The van der Waals surface area contributed by atoms with Gasteiger partial charge in [-0.2, -0.15) is 0 Å². The van der Waals surface area contributed by atoms with Gasteiger partial charge < -0.3 is 18.9 Å². The Morgan fingerprint density at radius 2 is 1.24 bits per heavy atom. The average molecular weight is 338 g/mol. The van der Waals surface area contributed by atoms with Crippen molar-refractivity contribution >= 4 is 0 Å². The third-order valence-electron chi connectivity index (χ3n) is 5.69. The molecule has 4 heteroatoms. The lowest BCUT2D eigenvalue weighted by Crippen LogP contribution is -2.25. The maximum atomic E-state index is 5.54. The first-order valence-electron chi connectivity index (χ1n) is 9.12. The molecule has 1 fully saturated rings. The van der Waals surface area contributed by atoms with Crippen LogP contribution in [0, 0.1) is 11.8 Å². The van der Waals surface area contributed by atoms with Crippen LogP contribution in [0.1, 0.15) is 30.4 Å². The van der Waals surface area contributed by atoms with Gasteiger partial charge in [0.2, 0.25) is 13.6 Å². The second kappa shape index (κ2) is 6.17. The molecule has 0 aromatic heterocycles. The Labute approximate surface area is 147 Å². The van der Waals surface area contributed by atoms with Gasteiger partial charge in [0, 0.05) is 0 Å². The van der Waals surface area contributed by atoms with E-state index in [1.807, 2.05) is 12.1 Å². The molecule has 0 amide bonds. The van der Waals surface area contributed by atoms with E-state index in [1.54, 1.807) is 0 Å². The molecular formula is C21H22O4. The average Bonchev–Trinajstić information content (AvgIpc) is 3.20. The molecule has 0 saturated heterocycles. The number of hydrogen-bond acceptors (Lipinski definition) is 4. The molecule has 0 radical (unpaired) electrons. The highest BCUT2D eigenvalue weighted by Crippen LogP contribution is 2.40. The van der Waals surface area contributed by atoms with Crippen LogP contribution < -0.4 is 18.9 Å². The number of rotatable bonds is 5. The molecule has 2 heterocycles. The van der Waals surface area contributed by atoms with E-state index in [-0.39, 0.29) is 0 Å². The Morgan fingerprint density at radius 3 is 1.72 bits per heavy atom. The first-order valence-corrected chi connectivity index (χ1v) is 9.12. The van der Waals surface area contributed by atoms with E-state index < -0.39 is 0 Å². The molecular weight excluding hydrogens is 316 g/mol. The zero-order chi connectivity index (χ0) is 16.6. The Kier molecular flexibility index (Phi) is 3.69. The molecule has 3 aliphatic rings. The monoisotopic (exact) mass is 338 g/mol. The lowest BCUT2D eigenvalue weighted by molar-refractivity contribution is 0.173. The number of fused-ring (bicyclic) bond motifs is 2. The molecule has 2 aromatic carbocycles. The van der Waals surface area contributed by atoms with Gasteiger partial charge in [-0.1, -0.05) is 31.4 Å². The third-order valence-corrected chi connectivity index (χ3v) is 5.69. The van der Waals surface area contributed by atoms with Crippen molar-refractivity contribution in [2.45, 2.75) is 32.1 Å². The first-order chi connectivity index (χ1) is 12.3. The summed E-state index contributed by atoms with van der Waals surface area (Å²) < 4.78 is 21.9. The van der Waals surface area contributed by atoms with Crippen LogP contribution in [-0.2, 0) is 12.8 Å². The predicted molar refractivity (Wildman–Crippen MR) is 93.4 cm³/mol. The molecule has 1 saturated carbocycles. The molecule has 25 heavy (non-hydrogen) atoms. The second-order valence-corrected chi connectivity index (χ2v) is 7.23. The van der Waals surface area contributed by atoms with Gasteiger partial charge in [0.25, 0.3) is 0 Å². The Balaban J connectivity index is 1.35. The van der Waals surface area contributed by atoms with Crippen molar-refractivity contribution in [3.8, 4) is 23.0 Å². The Morgan fingerprint density at radius 1 is 0.720 bits per heavy atom. The normalized spacial score (nSPS) is 17.8. The van der Waals surface area contributed by atoms with Crippen LogP contribution in [0.15, 0.2) is 36.4 Å². The predicted octanol–water partition coefficient (Wildman–Crippen LogP) is 4.35. The van der Waals surface area contributed by atoms with E-state index in [0.29, 0.717) is 19.5 Å². The van der Waals surface area contributed by atoms with Crippen molar-refractivity contribution in [3.05, 3.63) is 47.5 Å². The van der Waals surface area contributed by atoms with Gasteiger partial charge in [0.15, 0.2) is 23.0 Å². The molecule has 0 spiro atoms. The molecule has 130 valence electrons. The molecule has 2 aromatic rings. The van der Waals surface area contributed by atoms with Gasteiger partial charge in [-0.05, 0) is 60.1 Å². The summed E-state index contributed by atoms with van der Waals surface area (Å²) in [6.07, 6.45) is 6.22. The Bertz CT molecular complexity index is 722. The molecule has 5 rings (SSSR count). The highest BCUT2D eigenvalue weighted by Gasteiger charge is 2.28. The van der Waals surface area contributed by atoms with E-state index in [1.165, 1.54) is 30.4 Å². The summed E-state index contributed by atoms with van der Waals surface area (Å²) >= 11 is 0. The summed E-state index contributed by atoms with van der Waals surface area (Å²) in [5.74, 6) is 4.95. The summed E-state index contributed by atoms with van der Waals surface area (Å²) in [5.41, 5.74) is 2.67. The van der Waals surface area contributed by atoms with Crippen molar-refractivity contribution in [1.29, 1.82) is 0 Å². The molecule has 2 aliphatic heterocycles. The number of hydrogen-bond donors (Lipinski definition) is 0. The molecule has 4 nitrogen and oxygen atoms in total. The van der Waals surface area contributed by atoms with Gasteiger partial charge >= 0.3 is 0 Å². The van der Waals surface area contributed by atoms with Gasteiger partial charge in [0.1, 0.15) is 0 Å². The quantitative estimate of drug-likeness (QED) is 0.812. The number of benzene rings is 2. The van der Waals surface area contributed by atoms with Crippen LogP contribution >= 0.6 is 0 Å². The van der Waals surface area contributed by atoms with E-state index in [0.717, 1.165) is 41.8 Å². The maximum Gasteiger partial charge on any atom is 0.231 e. The lowest BCUT2D eigenvalue weighted by atomic mass is 9.71. The SMILES string of the molecule is c1cc2c(cc1CC(Cc1ccc3c(c1)OCO3)C1CCC1)OCO2. The smallest absolute Gasteiger partial charge is 0.231 e. The van der Waals surface area contributed by atoms with Crippen LogP contribution in [-0.4, -0.2) is 13.6 Å². The molecule has 1 aliphatic carbocycles. The summed E-state index contributed by atoms with van der Waals surface area (Å²) in [6.45, 7) is 0.671. The van der Waals surface area contributed by atoms with E-state index in [9.17, 15) is 0 Å². The highest BCUT2D eigenvalue weighted by molar-refractivity contribution is 5.46. The van der Waals surface area contributed by atoms with Crippen molar-refractivity contribution < 1.29 is 18.9 Å². The largest absolute Gasteiger partial charge is 0.454 e. The van der Waals surface area contributed by atoms with E-state index in [4.69, 9.17) is 18.9 Å². The van der Waals surface area contributed by atoms with Crippen molar-refractivity contribution in [2.75, 3.05) is 13.6 Å². The third kappa shape index (κ3) is 2.90. The minimum absolute atomic E-state index is 0.335. The first kappa shape index (κ1) is 14.9. The molecule has 0 N–H and O–H groups in total. The lowest BCUT2D eigenvalue weighted by Gasteiger charge is -2.34. The maximum absolute atomic E-state index is 5.54. The highest BCUT2D eigenvalue weighted by atomic mass is 16.7. The summed E-state index contributed by atoms with van der Waals surface area (Å²) in [4.78, 5) is 0. The van der Waals surface area contributed by atoms with Crippen molar-refractivity contribution in [2.24, 2.45) is 11.8 Å². The van der Waals surface area contributed by atoms with Crippen LogP contribution in [0.4, 0.5) is 0 Å². The molecule has 0 bridgehead atoms. The molecule has 0 unspecified atom stereocenters. The summed E-state index contributed by atoms with van der Waals surface area (Å²) in [5, 5.41) is 0. The van der Waals surface area contributed by atoms with Gasteiger partial charge in [-0.15, -0.1) is 0 Å². The van der Waals surface area contributed by atoms with E-state index >= 15 is 0 Å². The van der Waals surface area contributed by atoms with Crippen LogP contribution in [0.25, 0.3) is 0 Å². The standard InChI is InChI=1S/C21H22O4/c1-2-16(3-1)17(8-14-4-6-18-20(10-14)24-12-22-18)9-15-5-7-19-21(11-15)25-13-23-19/h4-7,10-11,16-17H,1-3,8-9,12-13H2. The van der Waals surface area contributed by atoms with Crippen molar-refractivity contribution in [3.63, 3.8) is 0 Å². The fourth-order valence-corrected chi connectivity index (χ4v) is 4.06. The van der Waals surface area contributed by atoms with E-state index in [2.05, 4.69) is 24.3 Å². The minimum Gasteiger partial charge on any atom is -0.454 e. The fraction of sp³-hybridized carbons (Fsp3) is 0.429. The Hall–Kier alpha value is -2.36. The minimum atomic E-state index is 0.335. The zero-order valence-corrected chi connectivity index (χ0v) is 14.2. The number of ether oxygens (including phenoxy) is 4. The van der Waals surface area contributed by atoms with Gasteiger partial charge in [-0.25, -0.2) is 0 Å². The van der Waals surface area contributed by atoms with Crippen LogP contribution in [0.5, 0.6) is 23.0 Å². The second-order valence-electron chi connectivity index (χ2n) is 7.23. The zero-order valence-electron chi connectivity index (χ0n) is 14.2.